The lowest BCUT2D eigenvalue weighted by atomic mass is 10.2. The lowest BCUT2D eigenvalue weighted by molar-refractivity contribution is -0.144. The predicted octanol–water partition coefficient (Wildman–Crippen LogP) is 3.60. The van der Waals surface area contributed by atoms with Crippen LogP contribution in [0.3, 0.4) is 0 Å². The largest absolute Gasteiger partial charge is 0.451 e. The first-order valence-corrected chi connectivity index (χ1v) is 8.18. The van der Waals surface area contributed by atoms with Crippen LogP contribution < -0.4 is 4.90 Å². The third kappa shape index (κ3) is 5.62. The maximum Gasteiger partial charge on any atom is 0.451 e. The molecule has 2 heterocycles. The average Bonchev–Trinajstić information content (AvgIpc) is 2.69. The van der Waals surface area contributed by atoms with Crippen LogP contribution in [0.5, 0.6) is 0 Å². The first kappa shape index (κ1) is 19.6. The monoisotopic (exact) mass is 380 g/mol. The minimum Gasteiger partial charge on any atom is -0.444 e. The molecule has 1 aromatic rings. The minimum absolute atomic E-state index is 0.0957. The molecule has 0 atom stereocenters. The molecule has 0 spiro atoms. The molecule has 0 bridgehead atoms. The van der Waals surface area contributed by atoms with E-state index in [1.807, 2.05) is 0 Å². The zero-order chi connectivity index (χ0) is 18.8. The molecule has 140 valence electrons. The zero-order valence-electron chi connectivity index (χ0n) is 14.2. The number of anilines is 1. The molecule has 1 fully saturated rings. The fraction of sp³-hybridized carbons (Fsp3) is 0.667. The van der Waals surface area contributed by atoms with E-state index in [1.165, 1.54) is 6.07 Å². The van der Waals surface area contributed by atoms with Crippen molar-refractivity contribution in [2.45, 2.75) is 39.0 Å². The Labute approximate surface area is 148 Å². The van der Waals surface area contributed by atoms with Gasteiger partial charge in [0, 0.05) is 32.2 Å². The zero-order valence-corrected chi connectivity index (χ0v) is 15.0. The van der Waals surface area contributed by atoms with Gasteiger partial charge in [0.05, 0.1) is 0 Å². The van der Waals surface area contributed by atoms with Crippen LogP contribution in [0.4, 0.5) is 23.8 Å². The van der Waals surface area contributed by atoms with E-state index in [0.717, 1.165) is 0 Å². The van der Waals surface area contributed by atoms with Crippen LogP contribution in [0.2, 0.25) is 5.15 Å². The molecule has 1 aliphatic heterocycles. The van der Waals surface area contributed by atoms with E-state index < -0.39 is 23.7 Å². The summed E-state index contributed by atoms with van der Waals surface area (Å²) in [7, 11) is 0. The Morgan fingerprint density at radius 3 is 2.44 bits per heavy atom. The van der Waals surface area contributed by atoms with Gasteiger partial charge in [-0.15, -0.1) is 0 Å². The second-order valence-corrected chi connectivity index (χ2v) is 7.07. The minimum atomic E-state index is -4.67. The number of nitrogens with zero attached hydrogens (tertiary/aromatic N) is 4. The summed E-state index contributed by atoms with van der Waals surface area (Å²) in [5.74, 6) is -1.18. The van der Waals surface area contributed by atoms with Crippen LogP contribution in [-0.2, 0) is 10.9 Å². The van der Waals surface area contributed by atoms with Crippen molar-refractivity contribution < 1.29 is 22.7 Å². The quantitative estimate of drug-likeness (QED) is 0.697. The summed E-state index contributed by atoms with van der Waals surface area (Å²) in [6.45, 7) is 6.87. The van der Waals surface area contributed by atoms with Gasteiger partial charge in [-0.2, -0.15) is 13.2 Å². The summed E-state index contributed by atoms with van der Waals surface area (Å²) in [4.78, 5) is 22.1. The van der Waals surface area contributed by atoms with Gasteiger partial charge in [0.15, 0.2) is 0 Å². The fourth-order valence-corrected chi connectivity index (χ4v) is 2.53. The van der Waals surface area contributed by atoms with E-state index in [-0.39, 0.29) is 11.0 Å². The smallest absolute Gasteiger partial charge is 0.444 e. The molecule has 1 aromatic heterocycles. The number of hydrogen-bond donors (Lipinski definition) is 0. The summed E-state index contributed by atoms with van der Waals surface area (Å²) in [5.41, 5.74) is -0.606. The number of carbonyl (C=O) groups is 1. The van der Waals surface area contributed by atoms with Gasteiger partial charge in [-0.25, -0.2) is 14.8 Å². The van der Waals surface area contributed by atoms with Crippen LogP contribution in [0, 0.1) is 0 Å². The van der Waals surface area contributed by atoms with Crippen LogP contribution in [0.15, 0.2) is 6.07 Å². The second kappa shape index (κ2) is 7.23. The molecule has 0 unspecified atom stereocenters. The highest BCUT2D eigenvalue weighted by molar-refractivity contribution is 6.29. The first-order chi connectivity index (χ1) is 11.5. The van der Waals surface area contributed by atoms with Crippen molar-refractivity contribution in [2.75, 3.05) is 31.1 Å². The molecule has 0 aromatic carbocycles. The van der Waals surface area contributed by atoms with Gasteiger partial charge in [0.2, 0.25) is 5.82 Å². The van der Waals surface area contributed by atoms with Crippen molar-refractivity contribution in [3.8, 4) is 0 Å². The molecule has 0 radical (unpaired) electrons. The van der Waals surface area contributed by atoms with E-state index >= 15 is 0 Å². The standard InChI is InChI=1S/C15H20ClF3N4O2/c1-14(2,3)25-13(24)23-6-4-5-22(7-8-23)11-9-10(16)20-12(21-11)15(17,18)19/h9H,4-8H2,1-3H3. The van der Waals surface area contributed by atoms with Crippen molar-refractivity contribution in [2.24, 2.45) is 0 Å². The van der Waals surface area contributed by atoms with Gasteiger partial charge in [-0.1, -0.05) is 11.6 Å². The predicted molar refractivity (Wildman–Crippen MR) is 86.7 cm³/mol. The summed E-state index contributed by atoms with van der Waals surface area (Å²) in [6.07, 6.45) is -4.54. The topological polar surface area (TPSA) is 58.6 Å². The van der Waals surface area contributed by atoms with E-state index in [4.69, 9.17) is 16.3 Å². The molecule has 0 saturated carbocycles. The fourth-order valence-electron chi connectivity index (χ4n) is 2.35. The maximum atomic E-state index is 12.8. The Balaban J connectivity index is 2.11. The molecule has 0 N–H and O–H groups in total. The molecule has 1 amide bonds. The van der Waals surface area contributed by atoms with Crippen LogP contribution in [0.1, 0.15) is 33.0 Å². The number of aromatic nitrogens is 2. The number of halogens is 4. The van der Waals surface area contributed by atoms with Crippen molar-refractivity contribution in [3.05, 3.63) is 17.0 Å². The molecular weight excluding hydrogens is 361 g/mol. The average molecular weight is 381 g/mol. The van der Waals surface area contributed by atoms with Crippen molar-refractivity contribution in [3.63, 3.8) is 0 Å². The third-order valence-electron chi connectivity index (χ3n) is 3.41. The lowest BCUT2D eigenvalue weighted by Gasteiger charge is -2.26. The number of alkyl halides is 3. The van der Waals surface area contributed by atoms with E-state index in [2.05, 4.69) is 9.97 Å². The van der Waals surface area contributed by atoms with E-state index in [0.29, 0.717) is 32.6 Å². The normalized spacial score (nSPS) is 16.6. The maximum absolute atomic E-state index is 12.8. The van der Waals surface area contributed by atoms with E-state index in [9.17, 15) is 18.0 Å². The molecular formula is C15H20ClF3N4O2. The van der Waals surface area contributed by atoms with Gasteiger partial charge in [0.25, 0.3) is 0 Å². The first-order valence-electron chi connectivity index (χ1n) is 7.80. The highest BCUT2D eigenvalue weighted by Gasteiger charge is 2.36. The van der Waals surface area contributed by atoms with Gasteiger partial charge >= 0.3 is 12.3 Å². The van der Waals surface area contributed by atoms with Crippen molar-refractivity contribution >= 4 is 23.5 Å². The number of rotatable bonds is 1. The lowest BCUT2D eigenvalue weighted by Crippen LogP contribution is -2.39. The van der Waals surface area contributed by atoms with Crippen LogP contribution >= 0.6 is 11.6 Å². The second-order valence-electron chi connectivity index (χ2n) is 6.68. The Morgan fingerprint density at radius 2 is 1.84 bits per heavy atom. The Bertz CT molecular complexity index is 634. The van der Waals surface area contributed by atoms with Crippen molar-refractivity contribution in [1.82, 2.24) is 14.9 Å². The molecule has 25 heavy (non-hydrogen) atoms. The summed E-state index contributed by atoms with van der Waals surface area (Å²) >= 11 is 5.71. The third-order valence-corrected chi connectivity index (χ3v) is 3.60. The SMILES string of the molecule is CC(C)(C)OC(=O)N1CCCN(c2cc(Cl)nc(C(F)(F)F)n2)CC1. The Hall–Kier alpha value is -1.77. The summed E-state index contributed by atoms with van der Waals surface area (Å²) in [5, 5.41) is -0.273. The molecule has 2 rings (SSSR count). The van der Waals surface area contributed by atoms with Gasteiger partial charge < -0.3 is 14.5 Å². The molecule has 0 aliphatic carbocycles. The number of ether oxygens (including phenoxy) is 1. The molecule has 6 nitrogen and oxygen atoms in total. The molecule has 1 saturated heterocycles. The van der Waals surface area contributed by atoms with Gasteiger partial charge in [0.1, 0.15) is 16.6 Å². The number of hydrogen-bond acceptors (Lipinski definition) is 5. The summed E-state index contributed by atoms with van der Waals surface area (Å²) in [6, 6.07) is 1.29. The number of amides is 1. The van der Waals surface area contributed by atoms with Crippen LogP contribution in [0.25, 0.3) is 0 Å². The summed E-state index contributed by atoms with van der Waals surface area (Å²) < 4.78 is 43.9. The van der Waals surface area contributed by atoms with Crippen molar-refractivity contribution in [1.29, 1.82) is 0 Å². The molecule has 10 heteroatoms. The highest BCUT2D eigenvalue weighted by Crippen LogP contribution is 2.29. The van der Waals surface area contributed by atoms with Crippen LogP contribution in [-0.4, -0.2) is 52.7 Å². The van der Waals surface area contributed by atoms with Gasteiger partial charge in [-0.05, 0) is 27.2 Å². The Kier molecular flexibility index (Phi) is 5.65. The van der Waals surface area contributed by atoms with Gasteiger partial charge in [-0.3, -0.25) is 0 Å². The highest BCUT2D eigenvalue weighted by atomic mass is 35.5. The van der Waals surface area contributed by atoms with E-state index in [1.54, 1.807) is 30.6 Å². The number of carbonyl (C=O) groups excluding carboxylic acids is 1. The molecule has 1 aliphatic rings. The Morgan fingerprint density at radius 1 is 1.16 bits per heavy atom.